The predicted octanol–water partition coefficient (Wildman–Crippen LogP) is 4.74. The Balaban J connectivity index is 0. The average Bonchev–Trinajstić information content (AvgIpc) is 2.37. The predicted molar refractivity (Wildman–Crippen MR) is 77.5 cm³/mol. The minimum absolute atomic E-state index is 1.14. The van der Waals surface area contributed by atoms with Crippen molar-refractivity contribution in [1.29, 1.82) is 0 Å². The van der Waals surface area contributed by atoms with Crippen molar-refractivity contribution in [3.8, 4) is 0 Å². The van der Waals surface area contributed by atoms with E-state index >= 15 is 0 Å². The Morgan fingerprint density at radius 1 is 1.12 bits per heavy atom. The first-order valence-electron chi connectivity index (χ1n) is 5.94. The molecule has 0 spiro atoms. The molecule has 90 valence electrons. The molecule has 0 heterocycles. The smallest absolute Gasteiger partial charge is 0.0290 e. The third-order valence-electron chi connectivity index (χ3n) is 1.84. The molecule has 0 aliphatic heterocycles. The van der Waals surface area contributed by atoms with Gasteiger partial charge in [0, 0.05) is 18.8 Å². The van der Waals surface area contributed by atoms with Crippen LogP contribution < -0.4 is 0 Å². The Hall–Kier alpha value is -1.37. The van der Waals surface area contributed by atoms with E-state index in [9.17, 15) is 0 Å². The van der Waals surface area contributed by atoms with Crippen LogP contribution >= 0.6 is 0 Å². The quantitative estimate of drug-likeness (QED) is 0.637. The van der Waals surface area contributed by atoms with Crippen molar-refractivity contribution in [2.75, 3.05) is 7.05 Å². The molecule has 0 aliphatic rings. The molecule has 0 bridgehead atoms. The summed E-state index contributed by atoms with van der Waals surface area (Å²) < 4.78 is 0. The molecule has 0 saturated heterocycles. The normalized spacial score (nSPS) is 8.62. The Bertz CT molecular complexity index is 311. The summed E-state index contributed by atoms with van der Waals surface area (Å²) in [6.45, 7) is 13.8. The maximum atomic E-state index is 4.00. The number of benzene rings is 1. The average molecular weight is 219 g/mol. The van der Waals surface area contributed by atoms with Crippen molar-refractivity contribution in [1.82, 2.24) is 0 Å². The number of hydrogen-bond donors (Lipinski definition) is 0. The number of aryl methyl sites for hydroxylation is 1. The van der Waals surface area contributed by atoms with E-state index in [2.05, 4.69) is 24.6 Å². The maximum absolute atomic E-state index is 4.00. The van der Waals surface area contributed by atoms with Gasteiger partial charge in [0.2, 0.25) is 0 Å². The molecule has 0 aliphatic carbocycles. The van der Waals surface area contributed by atoms with E-state index < -0.39 is 0 Å². The van der Waals surface area contributed by atoms with E-state index in [1.54, 1.807) is 7.05 Å². The monoisotopic (exact) mass is 219 g/mol. The molecule has 16 heavy (non-hydrogen) atoms. The molecule has 0 radical (unpaired) electrons. The van der Waals surface area contributed by atoms with Crippen molar-refractivity contribution in [3.05, 3.63) is 41.5 Å². The molecule has 0 amide bonds. The zero-order chi connectivity index (χ0) is 13.0. The largest absolute Gasteiger partial charge is 0.296 e. The van der Waals surface area contributed by atoms with Crippen molar-refractivity contribution < 1.29 is 0 Å². The molecule has 0 saturated carbocycles. The molecule has 1 nitrogen and oxygen atoms in total. The van der Waals surface area contributed by atoms with Crippen molar-refractivity contribution >= 4 is 12.3 Å². The van der Waals surface area contributed by atoms with Gasteiger partial charge in [-0.15, -0.1) is 0 Å². The fourth-order valence-corrected chi connectivity index (χ4v) is 1.19. The maximum Gasteiger partial charge on any atom is 0.0290 e. The lowest BCUT2D eigenvalue weighted by Crippen LogP contribution is -1.90. The van der Waals surface area contributed by atoms with Crippen LogP contribution in [0.3, 0.4) is 0 Å². The molecule has 0 unspecified atom stereocenters. The Morgan fingerprint density at radius 3 is 2.12 bits per heavy atom. The summed E-state index contributed by atoms with van der Waals surface area (Å²) in [5, 5.41) is 0. The fraction of sp³-hybridized carbons (Fsp3) is 0.400. The second-order valence-electron chi connectivity index (χ2n) is 2.67. The number of aliphatic imine (C=N–C) groups is 1. The summed E-state index contributed by atoms with van der Waals surface area (Å²) in [7, 11) is 1.78. The van der Waals surface area contributed by atoms with E-state index in [1.165, 1.54) is 5.56 Å². The molecule has 0 N–H and O–H groups in total. The van der Waals surface area contributed by atoms with E-state index in [1.807, 2.05) is 52.1 Å². The van der Waals surface area contributed by atoms with E-state index in [0.29, 0.717) is 0 Å². The van der Waals surface area contributed by atoms with Gasteiger partial charge in [-0.2, -0.15) is 0 Å². The summed E-state index contributed by atoms with van der Waals surface area (Å²) in [5.41, 5.74) is 3.54. The second-order valence-corrected chi connectivity index (χ2v) is 2.67. The van der Waals surface area contributed by atoms with Crippen LogP contribution in [0.25, 0.3) is 6.08 Å². The van der Waals surface area contributed by atoms with Gasteiger partial charge in [-0.1, -0.05) is 58.5 Å². The standard InChI is InChI=1S/C11H13N.2C2H6/c1-4-10-7-5-6-9(2)11(10)8-12-3;2*1-2/h4-8H,1H2,2-3H3;2*1-2H3. The van der Waals surface area contributed by atoms with Gasteiger partial charge in [-0.05, 0) is 18.1 Å². The SMILES string of the molecule is C=Cc1cccc(C)c1C=NC.CC.CC. The number of nitrogens with zero attached hydrogens (tertiary/aromatic N) is 1. The van der Waals surface area contributed by atoms with Gasteiger partial charge in [0.25, 0.3) is 0 Å². The summed E-state index contributed by atoms with van der Waals surface area (Å²) in [6.07, 6.45) is 3.72. The molecule has 1 rings (SSSR count). The minimum atomic E-state index is 1.14. The lowest BCUT2D eigenvalue weighted by Gasteiger charge is -2.03. The van der Waals surface area contributed by atoms with E-state index in [0.717, 1.165) is 11.1 Å². The fourth-order valence-electron chi connectivity index (χ4n) is 1.19. The van der Waals surface area contributed by atoms with Crippen LogP contribution in [0, 0.1) is 6.92 Å². The third-order valence-corrected chi connectivity index (χ3v) is 1.84. The van der Waals surface area contributed by atoms with Gasteiger partial charge in [0.1, 0.15) is 0 Å². The molecule has 0 fully saturated rings. The van der Waals surface area contributed by atoms with Crippen molar-refractivity contribution in [2.45, 2.75) is 34.6 Å². The van der Waals surface area contributed by atoms with Crippen LogP contribution in [-0.4, -0.2) is 13.3 Å². The summed E-state index contributed by atoms with van der Waals surface area (Å²) in [6, 6.07) is 6.14. The molecular formula is C15H25N. The van der Waals surface area contributed by atoms with Gasteiger partial charge >= 0.3 is 0 Å². The third kappa shape index (κ3) is 5.50. The minimum Gasteiger partial charge on any atom is -0.296 e. The zero-order valence-electron chi connectivity index (χ0n) is 11.5. The highest BCUT2D eigenvalue weighted by molar-refractivity contribution is 5.87. The number of hydrogen-bond acceptors (Lipinski definition) is 1. The lowest BCUT2D eigenvalue weighted by molar-refractivity contribution is 1.40. The Labute approximate surface area is 101 Å². The zero-order valence-corrected chi connectivity index (χ0v) is 11.5. The van der Waals surface area contributed by atoms with Crippen LogP contribution in [0.2, 0.25) is 0 Å². The first-order valence-corrected chi connectivity index (χ1v) is 5.94. The van der Waals surface area contributed by atoms with Crippen LogP contribution in [0.5, 0.6) is 0 Å². The molecule has 1 heteroatoms. The first-order chi connectivity index (χ1) is 7.79. The second kappa shape index (κ2) is 11.7. The highest BCUT2D eigenvalue weighted by Gasteiger charge is 1.97. The van der Waals surface area contributed by atoms with Crippen LogP contribution in [0.15, 0.2) is 29.8 Å². The summed E-state index contributed by atoms with van der Waals surface area (Å²) >= 11 is 0. The van der Waals surface area contributed by atoms with Crippen molar-refractivity contribution in [2.24, 2.45) is 4.99 Å². The molecule has 1 aromatic rings. The highest BCUT2D eigenvalue weighted by atomic mass is 14.6. The topological polar surface area (TPSA) is 12.4 Å². The lowest BCUT2D eigenvalue weighted by atomic mass is 10.0. The van der Waals surface area contributed by atoms with E-state index in [-0.39, 0.29) is 0 Å². The Morgan fingerprint density at radius 2 is 1.69 bits per heavy atom. The summed E-state index contributed by atoms with van der Waals surface area (Å²) in [4.78, 5) is 4.00. The number of rotatable bonds is 2. The van der Waals surface area contributed by atoms with Gasteiger partial charge in [0.05, 0.1) is 0 Å². The van der Waals surface area contributed by atoms with Gasteiger partial charge in [0.15, 0.2) is 0 Å². The first kappa shape index (κ1) is 17.0. The molecule has 1 aromatic carbocycles. The molecule has 0 aromatic heterocycles. The van der Waals surface area contributed by atoms with E-state index in [4.69, 9.17) is 0 Å². The summed E-state index contributed by atoms with van der Waals surface area (Å²) in [5.74, 6) is 0. The van der Waals surface area contributed by atoms with Crippen LogP contribution in [0.1, 0.15) is 44.4 Å². The Kier molecular flexibility index (Phi) is 12.5. The van der Waals surface area contributed by atoms with Crippen molar-refractivity contribution in [3.63, 3.8) is 0 Å². The van der Waals surface area contributed by atoms with Gasteiger partial charge < -0.3 is 0 Å². The van der Waals surface area contributed by atoms with Gasteiger partial charge in [-0.25, -0.2) is 0 Å². The molecular weight excluding hydrogens is 194 g/mol. The van der Waals surface area contributed by atoms with Gasteiger partial charge in [-0.3, -0.25) is 4.99 Å². The van der Waals surface area contributed by atoms with Crippen LogP contribution in [0.4, 0.5) is 0 Å². The van der Waals surface area contributed by atoms with Crippen LogP contribution in [-0.2, 0) is 0 Å². The highest BCUT2D eigenvalue weighted by Crippen LogP contribution is 2.12. The molecule has 0 atom stereocenters.